The molecule has 178 valence electrons. The van der Waals surface area contributed by atoms with Crippen LogP contribution >= 0.6 is 12.6 Å². The predicted octanol–water partition coefficient (Wildman–Crippen LogP) is 3.37. The Balaban J connectivity index is 1.13. The minimum absolute atomic E-state index is 0.151. The van der Waals surface area contributed by atoms with E-state index in [4.69, 9.17) is 17.4 Å². The number of benzene rings is 2. The zero-order valence-electron chi connectivity index (χ0n) is 18.9. The third kappa shape index (κ3) is 3.82. The van der Waals surface area contributed by atoms with Gasteiger partial charge in [0, 0.05) is 38.7 Å². The normalized spacial score (nSPS) is 27.5. The second kappa shape index (κ2) is 8.66. The van der Waals surface area contributed by atoms with Gasteiger partial charge < -0.3 is 4.74 Å². The lowest BCUT2D eigenvalue weighted by Gasteiger charge is -2.45. The smallest absolute Gasteiger partial charge is 0.243 e. The Morgan fingerprint density at radius 2 is 1.97 bits per heavy atom. The number of imide groups is 1. The van der Waals surface area contributed by atoms with Crippen LogP contribution in [0.25, 0.3) is 0 Å². The van der Waals surface area contributed by atoms with Gasteiger partial charge in [-0.2, -0.15) is 12.6 Å². The monoisotopic (exact) mass is 481 g/mol. The lowest BCUT2D eigenvalue weighted by Crippen LogP contribution is -2.51. The summed E-state index contributed by atoms with van der Waals surface area (Å²) in [6, 6.07) is 10.9. The molecule has 0 aliphatic carbocycles. The highest BCUT2D eigenvalue weighted by Gasteiger charge is 2.41. The summed E-state index contributed by atoms with van der Waals surface area (Å²) >= 11 is 4.84. The van der Waals surface area contributed by atoms with E-state index >= 15 is 0 Å². The number of amides is 2. The van der Waals surface area contributed by atoms with Crippen molar-refractivity contribution in [1.82, 2.24) is 15.1 Å². The number of carbonyl (C=O) groups is 2. The number of hydrogen-bond acceptors (Lipinski definition) is 6. The van der Waals surface area contributed by atoms with Crippen molar-refractivity contribution in [2.75, 3.05) is 19.7 Å². The molecule has 2 amide bonds. The molecule has 0 saturated carbocycles. The summed E-state index contributed by atoms with van der Waals surface area (Å²) in [6.45, 7) is 4.19. The number of ether oxygens (including phenoxy) is 1. The first kappa shape index (κ1) is 22.1. The highest BCUT2D eigenvalue weighted by Crippen LogP contribution is 2.44. The maximum atomic E-state index is 13.6. The van der Waals surface area contributed by atoms with Crippen molar-refractivity contribution in [1.29, 1.82) is 0 Å². The second-order valence-corrected chi connectivity index (χ2v) is 10.4. The Morgan fingerprint density at radius 1 is 1.12 bits per heavy atom. The molecule has 6 rings (SSSR count). The highest BCUT2D eigenvalue weighted by atomic mass is 32.1. The van der Waals surface area contributed by atoms with Gasteiger partial charge in [-0.15, -0.1) is 0 Å². The molecule has 8 heteroatoms. The van der Waals surface area contributed by atoms with Crippen LogP contribution < -0.4 is 10.1 Å². The van der Waals surface area contributed by atoms with Gasteiger partial charge in [-0.25, -0.2) is 4.39 Å². The number of nitrogens with one attached hydrogen (secondary N) is 1. The molecule has 6 nitrogen and oxygen atoms in total. The van der Waals surface area contributed by atoms with Crippen molar-refractivity contribution in [3.05, 3.63) is 64.5 Å². The summed E-state index contributed by atoms with van der Waals surface area (Å²) in [6.07, 6.45) is 1.88. The molecular weight excluding hydrogens is 453 g/mol. The second-order valence-electron chi connectivity index (χ2n) is 9.88. The standard InChI is InChI=1S/C26H28FN3O3S/c27-17-4-5-19-18(8-9-33-23(19)10-17)16-12-29(13-16)11-15-2-1-3-20-21(15)14-30(26(20)34)22-6-7-24(31)28-25(22)32/h1-5,10,16,18,22,26,34H,6-9,11-14H2,(H,28,31,32). The van der Waals surface area contributed by atoms with E-state index in [1.165, 1.54) is 23.3 Å². The lowest BCUT2D eigenvalue weighted by molar-refractivity contribution is -0.137. The number of rotatable bonds is 4. The van der Waals surface area contributed by atoms with E-state index in [1.807, 2.05) is 6.07 Å². The van der Waals surface area contributed by atoms with Crippen molar-refractivity contribution in [3.63, 3.8) is 0 Å². The van der Waals surface area contributed by atoms with Crippen LogP contribution in [0.1, 0.15) is 52.8 Å². The molecule has 4 heterocycles. The van der Waals surface area contributed by atoms with Crippen LogP contribution in [0, 0.1) is 11.7 Å². The van der Waals surface area contributed by atoms with Gasteiger partial charge in [0.1, 0.15) is 11.6 Å². The van der Waals surface area contributed by atoms with Crippen molar-refractivity contribution in [2.24, 2.45) is 5.92 Å². The number of likely N-dealkylation sites (tertiary alicyclic amines) is 1. The van der Waals surface area contributed by atoms with E-state index in [0.717, 1.165) is 37.2 Å². The first-order valence-electron chi connectivity index (χ1n) is 12.0. The Bertz CT molecular complexity index is 1150. The van der Waals surface area contributed by atoms with Crippen molar-refractivity contribution in [3.8, 4) is 5.75 Å². The number of fused-ring (bicyclic) bond motifs is 2. The molecule has 2 aromatic carbocycles. The zero-order valence-corrected chi connectivity index (χ0v) is 19.8. The van der Waals surface area contributed by atoms with Crippen LogP contribution in [0.2, 0.25) is 0 Å². The molecule has 0 radical (unpaired) electrons. The summed E-state index contributed by atoms with van der Waals surface area (Å²) in [7, 11) is 0. The van der Waals surface area contributed by atoms with Gasteiger partial charge >= 0.3 is 0 Å². The molecule has 4 aliphatic heterocycles. The predicted molar refractivity (Wildman–Crippen MR) is 128 cm³/mol. The summed E-state index contributed by atoms with van der Waals surface area (Å²) in [4.78, 5) is 28.6. The molecule has 3 atom stereocenters. The van der Waals surface area contributed by atoms with Gasteiger partial charge in [-0.1, -0.05) is 24.3 Å². The zero-order chi connectivity index (χ0) is 23.4. The number of hydrogen-bond donors (Lipinski definition) is 2. The summed E-state index contributed by atoms with van der Waals surface area (Å²) in [5.74, 6) is 0.991. The number of thiol groups is 1. The Hall–Kier alpha value is -2.42. The van der Waals surface area contributed by atoms with Crippen molar-refractivity contribution < 1.29 is 18.7 Å². The van der Waals surface area contributed by atoms with Crippen LogP contribution in [0.5, 0.6) is 5.75 Å². The van der Waals surface area contributed by atoms with Crippen LogP contribution in [-0.2, 0) is 22.7 Å². The molecule has 2 fully saturated rings. The Labute approximate surface area is 203 Å². The minimum atomic E-state index is -0.327. The molecule has 3 unspecified atom stereocenters. The van der Waals surface area contributed by atoms with Crippen molar-refractivity contribution >= 4 is 24.4 Å². The van der Waals surface area contributed by atoms with Gasteiger partial charge in [0.05, 0.1) is 18.0 Å². The number of halogens is 1. The Kier molecular flexibility index (Phi) is 5.62. The molecule has 2 aromatic rings. The van der Waals surface area contributed by atoms with Gasteiger partial charge in [0.2, 0.25) is 11.8 Å². The van der Waals surface area contributed by atoms with E-state index < -0.39 is 0 Å². The molecular formula is C26H28FN3O3S. The van der Waals surface area contributed by atoms with Crippen molar-refractivity contribution in [2.45, 2.75) is 49.7 Å². The molecule has 1 N–H and O–H groups in total. The molecule has 2 saturated heterocycles. The summed E-state index contributed by atoms with van der Waals surface area (Å²) < 4.78 is 19.3. The maximum absolute atomic E-state index is 13.6. The number of piperidine rings is 1. The number of nitrogens with zero attached hydrogens (tertiary/aromatic N) is 2. The fraction of sp³-hybridized carbons (Fsp3) is 0.462. The molecule has 0 spiro atoms. The summed E-state index contributed by atoms with van der Waals surface area (Å²) in [5.41, 5.74) is 4.82. The quantitative estimate of drug-likeness (QED) is 0.518. The van der Waals surface area contributed by atoms with Crippen LogP contribution in [0.4, 0.5) is 4.39 Å². The minimum Gasteiger partial charge on any atom is -0.493 e. The fourth-order valence-electron chi connectivity index (χ4n) is 6.08. The van der Waals surface area contributed by atoms with Gasteiger partial charge in [-0.05, 0) is 53.0 Å². The molecule has 0 aromatic heterocycles. The molecule has 4 aliphatic rings. The largest absolute Gasteiger partial charge is 0.493 e. The third-order valence-electron chi connectivity index (χ3n) is 7.86. The Morgan fingerprint density at radius 3 is 2.79 bits per heavy atom. The SMILES string of the molecule is O=C1CCC(N2Cc3c(CN4CC(C5CCOc6cc(F)ccc65)C4)cccc3C2S)C(=O)N1. The first-order valence-corrected chi connectivity index (χ1v) is 12.5. The van der Waals surface area contributed by atoms with E-state index in [2.05, 4.69) is 33.3 Å². The topological polar surface area (TPSA) is 61.9 Å². The average molecular weight is 482 g/mol. The third-order valence-corrected chi connectivity index (χ3v) is 8.44. The fourth-order valence-corrected chi connectivity index (χ4v) is 6.56. The van der Waals surface area contributed by atoms with E-state index in [1.54, 1.807) is 0 Å². The van der Waals surface area contributed by atoms with Crippen LogP contribution in [0.3, 0.4) is 0 Å². The van der Waals surface area contributed by atoms with Crippen LogP contribution in [0.15, 0.2) is 36.4 Å². The molecule has 34 heavy (non-hydrogen) atoms. The highest BCUT2D eigenvalue weighted by molar-refractivity contribution is 7.80. The molecule has 0 bridgehead atoms. The van der Waals surface area contributed by atoms with E-state index in [0.29, 0.717) is 43.6 Å². The first-order chi connectivity index (χ1) is 16.5. The average Bonchev–Trinajstić information content (AvgIpc) is 3.12. The number of carbonyl (C=O) groups excluding carboxylic acids is 2. The van der Waals surface area contributed by atoms with Gasteiger partial charge in [0.25, 0.3) is 0 Å². The lowest BCUT2D eigenvalue weighted by atomic mass is 9.77. The van der Waals surface area contributed by atoms with Crippen LogP contribution in [-0.4, -0.2) is 47.4 Å². The van der Waals surface area contributed by atoms with E-state index in [9.17, 15) is 14.0 Å². The summed E-state index contributed by atoms with van der Waals surface area (Å²) in [5, 5.41) is 2.32. The maximum Gasteiger partial charge on any atom is 0.243 e. The van der Waals surface area contributed by atoms with Gasteiger partial charge in [0.15, 0.2) is 0 Å². The van der Waals surface area contributed by atoms with Gasteiger partial charge in [-0.3, -0.25) is 24.7 Å². The van der Waals surface area contributed by atoms with E-state index in [-0.39, 0.29) is 29.0 Å².